The molecule has 1 heterocycles. The molecule has 0 saturated carbocycles. The van der Waals surface area contributed by atoms with E-state index >= 15 is 0 Å². The van der Waals surface area contributed by atoms with Crippen LogP contribution in [0.4, 0.5) is 0 Å². The van der Waals surface area contributed by atoms with Crippen LogP contribution in [0.1, 0.15) is 38.8 Å². The molecule has 2 rings (SSSR count). The van der Waals surface area contributed by atoms with Gasteiger partial charge in [0.25, 0.3) is 11.8 Å². The molecule has 2 amide bonds. The number of carbonyl (C=O) groups is 2. The van der Waals surface area contributed by atoms with Crippen molar-refractivity contribution in [1.82, 2.24) is 5.32 Å². The maximum Gasteiger partial charge on any atom is 0.259 e. The number of nitrogens with one attached hydrogen (secondary N) is 1. The van der Waals surface area contributed by atoms with Crippen molar-refractivity contribution in [3.05, 3.63) is 34.4 Å². The van der Waals surface area contributed by atoms with Crippen molar-refractivity contribution in [2.45, 2.75) is 19.9 Å². The van der Waals surface area contributed by atoms with E-state index in [4.69, 9.17) is 5.73 Å². The van der Waals surface area contributed by atoms with Crippen LogP contribution in [0.5, 0.6) is 0 Å². The van der Waals surface area contributed by atoms with E-state index < -0.39 is 0 Å². The summed E-state index contributed by atoms with van der Waals surface area (Å²) in [6, 6.07) is 3.48. The predicted octanol–water partition coefficient (Wildman–Crippen LogP) is 0.591. The van der Waals surface area contributed by atoms with Crippen molar-refractivity contribution < 1.29 is 9.59 Å². The summed E-state index contributed by atoms with van der Waals surface area (Å²) >= 11 is 0. The van der Waals surface area contributed by atoms with Crippen molar-refractivity contribution in [2.75, 3.05) is 0 Å². The molecule has 0 bridgehead atoms. The fourth-order valence-corrected chi connectivity index (χ4v) is 1.97. The monoisotopic (exact) mass is 204 g/mol. The lowest BCUT2D eigenvalue weighted by atomic mass is 9.95. The number of nitrogens with two attached hydrogens (primary N) is 1. The molecule has 15 heavy (non-hydrogen) atoms. The first-order chi connectivity index (χ1) is 7.19. The smallest absolute Gasteiger partial charge is 0.259 e. The van der Waals surface area contributed by atoms with Crippen LogP contribution >= 0.6 is 0 Å². The summed E-state index contributed by atoms with van der Waals surface area (Å²) in [5, 5.41) is 2.29. The van der Waals surface area contributed by atoms with Gasteiger partial charge in [-0.25, -0.2) is 0 Å². The number of benzene rings is 1. The third-order valence-corrected chi connectivity index (χ3v) is 2.68. The molecule has 1 aliphatic rings. The largest absolute Gasteiger partial charge is 0.326 e. The zero-order valence-corrected chi connectivity index (χ0v) is 8.46. The van der Waals surface area contributed by atoms with E-state index in [2.05, 4.69) is 5.32 Å². The second-order valence-electron chi connectivity index (χ2n) is 3.47. The summed E-state index contributed by atoms with van der Waals surface area (Å²) in [6.07, 6.45) is 0.705. The highest BCUT2D eigenvalue weighted by atomic mass is 16.2. The van der Waals surface area contributed by atoms with E-state index in [-0.39, 0.29) is 11.8 Å². The summed E-state index contributed by atoms with van der Waals surface area (Å²) in [6.45, 7) is 2.34. The molecule has 1 aromatic rings. The van der Waals surface area contributed by atoms with Crippen LogP contribution in [0.3, 0.4) is 0 Å². The van der Waals surface area contributed by atoms with Crippen molar-refractivity contribution in [2.24, 2.45) is 5.73 Å². The van der Waals surface area contributed by atoms with Gasteiger partial charge in [0, 0.05) is 6.54 Å². The van der Waals surface area contributed by atoms with Gasteiger partial charge in [0.2, 0.25) is 0 Å². The molecule has 0 spiro atoms. The summed E-state index contributed by atoms with van der Waals surface area (Å²) in [4.78, 5) is 22.9. The zero-order valence-electron chi connectivity index (χ0n) is 8.46. The molecule has 0 aliphatic carbocycles. The van der Waals surface area contributed by atoms with E-state index in [1.165, 1.54) is 0 Å². The van der Waals surface area contributed by atoms with Gasteiger partial charge in [0.05, 0.1) is 11.1 Å². The Kier molecular flexibility index (Phi) is 2.28. The SMILES string of the molecule is CCc1c(CN)ccc2c1C(=O)NC2=O. The van der Waals surface area contributed by atoms with Crippen LogP contribution in [-0.2, 0) is 13.0 Å². The first-order valence-corrected chi connectivity index (χ1v) is 4.89. The number of imide groups is 1. The van der Waals surface area contributed by atoms with E-state index in [1.54, 1.807) is 6.07 Å². The van der Waals surface area contributed by atoms with Gasteiger partial charge >= 0.3 is 0 Å². The normalized spacial score (nSPS) is 14.0. The molecule has 1 aliphatic heterocycles. The lowest BCUT2D eigenvalue weighted by Crippen LogP contribution is -2.20. The van der Waals surface area contributed by atoms with Gasteiger partial charge < -0.3 is 5.73 Å². The van der Waals surface area contributed by atoms with Gasteiger partial charge in [-0.05, 0) is 23.6 Å². The third kappa shape index (κ3) is 1.34. The Morgan fingerprint density at radius 3 is 2.60 bits per heavy atom. The third-order valence-electron chi connectivity index (χ3n) is 2.68. The average Bonchev–Trinajstić information content (AvgIpc) is 2.53. The van der Waals surface area contributed by atoms with Gasteiger partial charge in [-0.3, -0.25) is 14.9 Å². The Bertz CT molecular complexity index is 452. The first kappa shape index (κ1) is 9.86. The lowest BCUT2D eigenvalue weighted by molar-refractivity contribution is 0.0879. The minimum Gasteiger partial charge on any atom is -0.326 e. The van der Waals surface area contributed by atoms with Crippen molar-refractivity contribution >= 4 is 11.8 Å². The molecule has 0 fully saturated rings. The topological polar surface area (TPSA) is 72.2 Å². The van der Waals surface area contributed by atoms with Crippen LogP contribution in [-0.4, -0.2) is 11.8 Å². The van der Waals surface area contributed by atoms with Crippen molar-refractivity contribution in [3.8, 4) is 0 Å². The van der Waals surface area contributed by atoms with E-state index in [9.17, 15) is 9.59 Å². The van der Waals surface area contributed by atoms with Crippen molar-refractivity contribution in [1.29, 1.82) is 0 Å². The zero-order chi connectivity index (χ0) is 11.0. The van der Waals surface area contributed by atoms with E-state index in [0.717, 1.165) is 11.1 Å². The Hall–Kier alpha value is -1.68. The minimum atomic E-state index is -0.312. The number of amides is 2. The molecule has 0 aromatic heterocycles. The molecule has 4 heteroatoms. The summed E-state index contributed by atoms with van der Waals surface area (Å²) < 4.78 is 0. The standard InChI is InChI=1S/C11H12N2O2/c1-2-7-6(5-12)3-4-8-9(7)11(15)13-10(8)14/h3-4H,2,5,12H2,1H3,(H,13,14,15). The van der Waals surface area contributed by atoms with Crippen LogP contribution < -0.4 is 11.1 Å². The molecular weight excluding hydrogens is 192 g/mol. The van der Waals surface area contributed by atoms with Gasteiger partial charge in [-0.2, -0.15) is 0 Å². The molecular formula is C11H12N2O2. The van der Waals surface area contributed by atoms with Gasteiger partial charge in [0.1, 0.15) is 0 Å². The number of hydrogen-bond donors (Lipinski definition) is 2. The molecule has 0 atom stereocenters. The highest BCUT2D eigenvalue weighted by Gasteiger charge is 2.29. The maximum atomic E-state index is 11.6. The fraction of sp³-hybridized carbons (Fsp3) is 0.273. The fourth-order valence-electron chi connectivity index (χ4n) is 1.97. The predicted molar refractivity (Wildman–Crippen MR) is 55.5 cm³/mol. The molecule has 78 valence electrons. The summed E-state index contributed by atoms with van der Waals surface area (Å²) in [7, 11) is 0. The molecule has 0 unspecified atom stereocenters. The second kappa shape index (κ2) is 3.47. The number of hydrogen-bond acceptors (Lipinski definition) is 3. The average molecular weight is 204 g/mol. The van der Waals surface area contributed by atoms with Gasteiger partial charge in [-0.15, -0.1) is 0 Å². The highest BCUT2D eigenvalue weighted by Crippen LogP contribution is 2.23. The summed E-state index contributed by atoms with van der Waals surface area (Å²) in [5.41, 5.74) is 8.37. The molecule has 3 N–H and O–H groups in total. The number of rotatable bonds is 2. The second-order valence-corrected chi connectivity index (χ2v) is 3.47. The Labute approximate surface area is 87.5 Å². The molecule has 0 saturated heterocycles. The van der Waals surface area contributed by atoms with Gasteiger partial charge in [-0.1, -0.05) is 13.0 Å². The lowest BCUT2D eigenvalue weighted by Gasteiger charge is -2.08. The van der Waals surface area contributed by atoms with Crippen LogP contribution in [0.15, 0.2) is 12.1 Å². The van der Waals surface area contributed by atoms with Crippen molar-refractivity contribution in [3.63, 3.8) is 0 Å². The molecule has 1 aromatic carbocycles. The van der Waals surface area contributed by atoms with Crippen LogP contribution in [0.2, 0.25) is 0 Å². The van der Waals surface area contributed by atoms with Crippen LogP contribution in [0.25, 0.3) is 0 Å². The Morgan fingerprint density at radius 2 is 2.00 bits per heavy atom. The van der Waals surface area contributed by atoms with Crippen LogP contribution in [0, 0.1) is 0 Å². The Morgan fingerprint density at radius 1 is 1.27 bits per heavy atom. The molecule has 0 radical (unpaired) electrons. The number of fused-ring (bicyclic) bond motifs is 1. The first-order valence-electron chi connectivity index (χ1n) is 4.89. The molecule has 4 nitrogen and oxygen atoms in total. The van der Waals surface area contributed by atoms with E-state index in [0.29, 0.717) is 24.1 Å². The quantitative estimate of drug-likeness (QED) is 0.692. The minimum absolute atomic E-state index is 0.304. The highest BCUT2D eigenvalue weighted by molar-refractivity contribution is 6.22. The Balaban J connectivity index is 2.70. The summed E-state index contributed by atoms with van der Waals surface area (Å²) in [5.74, 6) is -0.615. The maximum absolute atomic E-state index is 11.6. The van der Waals surface area contributed by atoms with E-state index in [1.807, 2.05) is 13.0 Å². The number of carbonyl (C=O) groups excluding carboxylic acids is 2. The van der Waals surface area contributed by atoms with Gasteiger partial charge in [0.15, 0.2) is 0 Å².